The second-order valence-corrected chi connectivity index (χ2v) is 10.9. The Labute approximate surface area is 227 Å². The minimum Gasteiger partial charge on any atom is -0.310 e. The molecule has 0 saturated carbocycles. The molecule has 5 aromatic carbocycles. The summed E-state index contributed by atoms with van der Waals surface area (Å²) < 4.78 is 2.40. The van der Waals surface area contributed by atoms with Gasteiger partial charge in [0.15, 0.2) is 0 Å². The van der Waals surface area contributed by atoms with Gasteiger partial charge in [-0.15, -0.1) is 0 Å². The van der Waals surface area contributed by atoms with E-state index in [-0.39, 0.29) is 0 Å². The largest absolute Gasteiger partial charge is 0.310 e. The van der Waals surface area contributed by atoms with Crippen LogP contribution in [0.4, 0.5) is 0 Å². The molecule has 2 heterocycles. The number of aryl methyl sites for hydroxylation is 1. The number of fused-ring (bicyclic) bond motifs is 9. The highest BCUT2D eigenvalue weighted by molar-refractivity contribution is 6.23. The maximum Gasteiger partial charge on any atom is 0.0979 e. The van der Waals surface area contributed by atoms with Gasteiger partial charge in [0.1, 0.15) is 0 Å². The van der Waals surface area contributed by atoms with E-state index in [0.717, 1.165) is 39.5 Å². The molecule has 1 aliphatic carbocycles. The zero-order valence-corrected chi connectivity index (χ0v) is 22.0. The van der Waals surface area contributed by atoms with Crippen LogP contribution in [-0.2, 0) is 6.42 Å². The normalized spacial score (nSPS) is 15.0. The highest BCUT2D eigenvalue weighted by Gasteiger charge is 2.21. The molecule has 2 aromatic heterocycles. The van der Waals surface area contributed by atoms with Crippen molar-refractivity contribution in [2.45, 2.75) is 20.3 Å². The third-order valence-electron chi connectivity index (χ3n) is 8.23. The monoisotopic (exact) mass is 501 g/mol. The molecule has 0 radical (unpaired) electrons. The van der Waals surface area contributed by atoms with Crippen molar-refractivity contribution in [1.29, 1.82) is 0 Å². The van der Waals surface area contributed by atoms with E-state index < -0.39 is 0 Å². The molecule has 0 amide bonds. The highest BCUT2D eigenvalue weighted by atomic mass is 15.0. The standard InChI is InChI=1S/C36H27N3/c1-22-11-17-33-30(19-22)31-20-23(2)12-18-34(31)39(33)25-15-13-24(14-16-25)32-21-37-35-28-9-5-3-7-26(28)27-8-4-6-10-29(27)36(35)38-32/h3-19,21,23H,20H2,1-2H3. The third-order valence-corrected chi connectivity index (χ3v) is 8.23. The second-order valence-electron chi connectivity index (χ2n) is 10.9. The van der Waals surface area contributed by atoms with Crippen molar-refractivity contribution < 1.29 is 0 Å². The minimum absolute atomic E-state index is 0.555. The van der Waals surface area contributed by atoms with Crippen molar-refractivity contribution in [3.63, 3.8) is 0 Å². The van der Waals surface area contributed by atoms with Gasteiger partial charge in [0.25, 0.3) is 0 Å². The number of nitrogens with zero attached hydrogens (tertiary/aromatic N) is 3. The summed E-state index contributed by atoms with van der Waals surface area (Å²) in [7, 11) is 0. The van der Waals surface area contributed by atoms with Gasteiger partial charge in [-0.2, -0.15) is 0 Å². The summed E-state index contributed by atoms with van der Waals surface area (Å²) in [5, 5.41) is 6.07. The van der Waals surface area contributed by atoms with Crippen molar-refractivity contribution >= 4 is 49.6 Å². The first kappa shape index (κ1) is 22.2. The average molecular weight is 502 g/mol. The lowest BCUT2D eigenvalue weighted by atomic mass is 9.93. The number of aromatic nitrogens is 3. The zero-order chi connectivity index (χ0) is 26.1. The molecule has 1 atom stereocenters. The van der Waals surface area contributed by atoms with Crippen LogP contribution in [0.1, 0.15) is 23.7 Å². The van der Waals surface area contributed by atoms with Gasteiger partial charge in [-0.25, -0.2) is 4.98 Å². The molecule has 0 saturated heterocycles. The van der Waals surface area contributed by atoms with Crippen molar-refractivity contribution in [2.24, 2.45) is 5.92 Å². The van der Waals surface area contributed by atoms with E-state index in [1.807, 2.05) is 6.20 Å². The fourth-order valence-electron chi connectivity index (χ4n) is 6.35. The zero-order valence-electron chi connectivity index (χ0n) is 22.0. The Bertz CT molecular complexity index is 2080. The van der Waals surface area contributed by atoms with Crippen LogP contribution in [0.15, 0.2) is 103 Å². The van der Waals surface area contributed by atoms with Crippen LogP contribution >= 0.6 is 0 Å². The van der Waals surface area contributed by atoms with Gasteiger partial charge < -0.3 is 4.57 Å². The summed E-state index contributed by atoms with van der Waals surface area (Å²) in [4.78, 5) is 10.1. The molecule has 0 aliphatic heterocycles. The van der Waals surface area contributed by atoms with Crippen LogP contribution < -0.4 is 0 Å². The molecule has 7 aromatic rings. The summed E-state index contributed by atoms with van der Waals surface area (Å²) in [6.45, 7) is 4.47. The second kappa shape index (κ2) is 8.37. The number of hydrogen-bond acceptors (Lipinski definition) is 2. The van der Waals surface area contributed by atoms with Crippen molar-refractivity contribution in [3.8, 4) is 16.9 Å². The molecular formula is C36H27N3. The Morgan fingerprint density at radius 2 is 1.44 bits per heavy atom. The number of rotatable bonds is 2. The van der Waals surface area contributed by atoms with Gasteiger partial charge in [-0.1, -0.05) is 85.3 Å². The fourth-order valence-corrected chi connectivity index (χ4v) is 6.35. The quantitative estimate of drug-likeness (QED) is 0.221. The molecule has 0 spiro atoms. The molecule has 3 heteroatoms. The Kier molecular flexibility index (Phi) is 4.78. The van der Waals surface area contributed by atoms with Gasteiger partial charge in [0.2, 0.25) is 0 Å². The molecule has 3 nitrogen and oxygen atoms in total. The van der Waals surface area contributed by atoms with E-state index in [1.165, 1.54) is 44.2 Å². The summed E-state index contributed by atoms with van der Waals surface area (Å²) in [5.41, 5.74) is 10.3. The van der Waals surface area contributed by atoms with E-state index in [1.54, 1.807) is 0 Å². The first-order valence-electron chi connectivity index (χ1n) is 13.6. The van der Waals surface area contributed by atoms with Crippen molar-refractivity contribution in [2.75, 3.05) is 0 Å². The lowest BCUT2D eigenvalue weighted by Gasteiger charge is -2.16. The molecule has 39 heavy (non-hydrogen) atoms. The molecule has 0 bridgehead atoms. The predicted octanol–water partition coefficient (Wildman–Crippen LogP) is 9.06. The molecule has 1 unspecified atom stereocenters. The van der Waals surface area contributed by atoms with Crippen LogP contribution in [0.25, 0.3) is 66.5 Å². The smallest absolute Gasteiger partial charge is 0.0979 e. The molecule has 0 N–H and O–H groups in total. The maximum atomic E-state index is 5.17. The summed E-state index contributed by atoms with van der Waals surface area (Å²) >= 11 is 0. The van der Waals surface area contributed by atoms with Crippen molar-refractivity contribution in [1.82, 2.24) is 14.5 Å². The number of allylic oxidation sites excluding steroid dienone is 1. The Morgan fingerprint density at radius 3 is 2.18 bits per heavy atom. The molecule has 186 valence electrons. The third kappa shape index (κ3) is 3.36. The van der Waals surface area contributed by atoms with Crippen LogP contribution in [0.3, 0.4) is 0 Å². The first-order chi connectivity index (χ1) is 19.2. The SMILES string of the molecule is Cc1ccc2c(c1)c1c(n2-c2ccc(-c3cnc4c5ccccc5c5ccccc5c4n3)cc2)C=CC(C)C1. The fraction of sp³-hybridized carbons (Fsp3) is 0.111. The van der Waals surface area contributed by atoms with Crippen molar-refractivity contribution in [3.05, 3.63) is 120 Å². The van der Waals surface area contributed by atoms with Gasteiger partial charge in [0.05, 0.1) is 28.4 Å². The first-order valence-corrected chi connectivity index (χ1v) is 13.6. The summed E-state index contributed by atoms with van der Waals surface area (Å²) in [6.07, 6.45) is 7.62. The lowest BCUT2D eigenvalue weighted by molar-refractivity contribution is 0.717. The van der Waals surface area contributed by atoms with Gasteiger partial charge in [-0.05, 0) is 65.9 Å². The minimum atomic E-state index is 0.555. The lowest BCUT2D eigenvalue weighted by Crippen LogP contribution is -2.05. The van der Waals surface area contributed by atoms with Crippen LogP contribution in [0.5, 0.6) is 0 Å². The Morgan fingerprint density at radius 1 is 0.744 bits per heavy atom. The van der Waals surface area contributed by atoms with E-state index >= 15 is 0 Å². The molecule has 0 fully saturated rings. The maximum absolute atomic E-state index is 5.17. The van der Waals surface area contributed by atoms with E-state index in [2.05, 4.69) is 122 Å². The van der Waals surface area contributed by atoms with Gasteiger partial charge in [0, 0.05) is 33.1 Å². The Balaban J connectivity index is 1.28. The van der Waals surface area contributed by atoms with Crippen LogP contribution in [-0.4, -0.2) is 14.5 Å². The molecule has 8 rings (SSSR count). The highest BCUT2D eigenvalue weighted by Crippen LogP contribution is 2.37. The van der Waals surface area contributed by atoms with E-state index in [0.29, 0.717) is 5.92 Å². The number of hydrogen-bond donors (Lipinski definition) is 0. The van der Waals surface area contributed by atoms with Crippen LogP contribution in [0.2, 0.25) is 0 Å². The van der Waals surface area contributed by atoms with Gasteiger partial charge in [-0.3, -0.25) is 4.98 Å². The Hall–Kier alpha value is -4.76. The van der Waals surface area contributed by atoms with Gasteiger partial charge >= 0.3 is 0 Å². The van der Waals surface area contributed by atoms with E-state index in [4.69, 9.17) is 9.97 Å². The summed E-state index contributed by atoms with van der Waals surface area (Å²) in [6, 6.07) is 32.6. The summed E-state index contributed by atoms with van der Waals surface area (Å²) in [5.74, 6) is 0.555. The van der Waals surface area contributed by atoms with Crippen LogP contribution in [0, 0.1) is 12.8 Å². The average Bonchev–Trinajstić information content (AvgIpc) is 3.29. The van der Waals surface area contributed by atoms with E-state index in [9.17, 15) is 0 Å². The number of benzene rings is 5. The topological polar surface area (TPSA) is 30.7 Å². The predicted molar refractivity (Wildman–Crippen MR) is 163 cm³/mol. The molecular weight excluding hydrogens is 474 g/mol. The molecule has 1 aliphatic rings.